The molecule has 16 heavy (non-hydrogen) atoms. The molecule has 0 saturated carbocycles. The number of anilines is 1. The summed E-state index contributed by atoms with van der Waals surface area (Å²) in [5.74, 6) is 0.703. The van der Waals surface area contributed by atoms with Gasteiger partial charge in [-0.25, -0.2) is 4.98 Å². The molecule has 2 heteroatoms. The molecule has 90 valence electrons. The van der Waals surface area contributed by atoms with Gasteiger partial charge < -0.3 is 5.73 Å². The molecule has 1 aromatic heterocycles. The molecule has 0 fully saturated rings. The van der Waals surface area contributed by atoms with Gasteiger partial charge in [0.05, 0.1) is 0 Å². The molecule has 0 bridgehead atoms. The molecule has 0 aliphatic carbocycles. The van der Waals surface area contributed by atoms with Gasteiger partial charge in [0.2, 0.25) is 0 Å². The Morgan fingerprint density at radius 2 is 2.00 bits per heavy atom. The van der Waals surface area contributed by atoms with Crippen LogP contribution in [-0.4, -0.2) is 4.98 Å². The van der Waals surface area contributed by atoms with Crippen molar-refractivity contribution in [2.24, 2.45) is 0 Å². The predicted octanol–water partition coefficient (Wildman–Crippen LogP) is 3.91. The number of hydrogen-bond acceptors (Lipinski definition) is 2. The number of aromatic nitrogens is 1. The first kappa shape index (κ1) is 13.0. The van der Waals surface area contributed by atoms with Gasteiger partial charge in [-0.2, -0.15) is 0 Å². The standard InChI is InChI=1S/C14H24N2/c1-4-6-10-14(3,9-5-2)12-8-7-11-16-13(12)15/h7-8,11H,4-6,9-10H2,1-3H3,(H2,15,16). The number of nitrogens with zero attached hydrogens (tertiary/aromatic N) is 1. The van der Waals surface area contributed by atoms with E-state index in [1.165, 1.54) is 37.7 Å². The van der Waals surface area contributed by atoms with Crippen molar-refractivity contribution in [1.82, 2.24) is 4.98 Å². The van der Waals surface area contributed by atoms with Gasteiger partial charge >= 0.3 is 0 Å². The maximum atomic E-state index is 6.00. The molecule has 0 aliphatic heterocycles. The highest BCUT2D eigenvalue weighted by Crippen LogP contribution is 2.36. The molecule has 1 heterocycles. The molecule has 1 unspecified atom stereocenters. The smallest absolute Gasteiger partial charge is 0.127 e. The summed E-state index contributed by atoms with van der Waals surface area (Å²) in [6.45, 7) is 6.79. The fourth-order valence-electron chi connectivity index (χ4n) is 2.44. The molecule has 0 aliphatic rings. The van der Waals surface area contributed by atoms with E-state index in [0.717, 1.165) is 0 Å². The number of pyridine rings is 1. The van der Waals surface area contributed by atoms with Crippen LogP contribution in [0.2, 0.25) is 0 Å². The lowest BCUT2D eigenvalue weighted by atomic mass is 9.75. The highest BCUT2D eigenvalue weighted by Gasteiger charge is 2.27. The molecule has 1 atom stereocenters. The fourth-order valence-corrected chi connectivity index (χ4v) is 2.44. The van der Waals surface area contributed by atoms with Crippen LogP contribution in [0.5, 0.6) is 0 Å². The van der Waals surface area contributed by atoms with Crippen LogP contribution in [0.3, 0.4) is 0 Å². The van der Waals surface area contributed by atoms with Gasteiger partial charge in [-0.1, -0.05) is 46.1 Å². The zero-order valence-corrected chi connectivity index (χ0v) is 10.8. The summed E-state index contributed by atoms with van der Waals surface area (Å²) in [7, 11) is 0. The summed E-state index contributed by atoms with van der Waals surface area (Å²) in [4.78, 5) is 4.21. The molecule has 0 spiro atoms. The Labute approximate surface area is 99.3 Å². The first-order valence-corrected chi connectivity index (χ1v) is 6.35. The summed E-state index contributed by atoms with van der Waals surface area (Å²) >= 11 is 0. The van der Waals surface area contributed by atoms with Gasteiger partial charge in [0.25, 0.3) is 0 Å². The van der Waals surface area contributed by atoms with E-state index in [-0.39, 0.29) is 5.41 Å². The van der Waals surface area contributed by atoms with E-state index < -0.39 is 0 Å². The Kier molecular flexibility index (Phi) is 4.78. The minimum absolute atomic E-state index is 0.198. The third-order valence-electron chi connectivity index (χ3n) is 3.37. The van der Waals surface area contributed by atoms with Crippen molar-refractivity contribution in [3.63, 3.8) is 0 Å². The second kappa shape index (κ2) is 5.88. The topological polar surface area (TPSA) is 38.9 Å². The van der Waals surface area contributed by atoms with Crippen LogP contribution in [-0.2, 0) is 5.41 Å². The molecule has 0 saturated heterocycles. The van der Waals surface area contributed by atoms with Gasteiger partial charge in [0.1, 0.15) is 5.82 Å². The zero-order chi connectivity index (χ0) is 12.0. The van der Waals surface area contributed by atoms with Gasteiger partial charge in [0.15, 0.2) is 0 Å². The van der Waals surface area contributed by atoms with Crippen LogP contribution < -0.4 is 5.73 Å². The summed E-state index contributed by atoms with van der Waals surface area (Å²) in [5, 5.41) is 0. The minimum atomic E-state index is 0.198. The quantitative estimate of drug-likeness (QED) is 0.789. The number of nitrogen functional groups attached to an aromatic ring is 1. The van der Waals surface area contributed by atoms with Crippen molar-refractivity contribution in [3.05, 3.63) is 23.9 Å². The molecule has 0 aromatic carbocycles. The number of hydrogen-bond donors (Lipinski definition) is 1. The van der Waals surface area contributed by atoms with Crippen LogP contribution in [0.15, 0.2) is 18.3 Å². The Balaban J connectivity index is 2.96. The average Bonchev–Trinajstić information content (AvgIpc) is 2.27. The Hall–Kier alpha value is -1.05. The maximum absolute atomic E-state index is 6.00. The van der Waals surface area contributed by atoms with E-state index in [0.29, 0.717) is 5.82 Å². The molecule has 1 aromatic rings. The zero-order valence-electron chi connectivity index (χ0n) is 10.8. The van der Waals surface area contributed by atoms with E-state index in [4.69, 9.17) is 5.73 Å². The molecule has 0 amide bonds. The van der Waals surface area contributed by atoms with E-state index >= 15 is 0 Å². The largest absolute Gasteiger partial charge is 0.383 e. The monoisotopic (exact) mass is 220 g/mol. The lowest BCUT2D eigenvalue weighted by molar-refractivity contribution is 0.383. The van der Waals surface area contributed by atoms with Crippen LogP contribution in [0.25, 0.3) is 0 Å². The minimum Gasteiger partial charge on any atom is -0.383 e. The predicted molar refractivity (Wildman–Crippen MR) is 70.4 cm³/mol. The Morgan fingerprint density at radius 3 is 2.56 bits per heavy atom. The third-order valence-corrected chi connectivity index (χ3v) is 3.37. The van der Waals surface area contributed by atoms with Gasteiger partial charge in [0, 0.05) is 11.8 Å². The average molecular weight is 220 g/mol. The molecular weight excluding hydrogens is 196 g/mol. The summed E-state index contributed by atoms with van der Waals surface area (Å²) in [6, 6.07) is 4.12. The van der Waals surface area contributed by atoms with Crippen LogP contribution in [0, 0.1) is 0 Å². The van der Waals surface area contributed by atoms with Crippen molar-refractivity contribution in [1.29, 1.82) is 0 Å². The van der Waals surface area contributed by atoms with Crippen molar-refractivity contribution >= 4 is 5.82 Å². The molecular formula is C14H24N2. The van der Waals surface area contributed by atoms with Crippen molar-refractivity contribution in [2.75, 3.05) is 5.73 Å². The van der Waals surface area contributed by atoms with E-state index in [9.17, 15) is 0 Å². The number of nitrogens with two attached hydrogens (primary N) is 1. The maximum Gasteiger partial charge on any atom is 0.127 e. The van der Waals surface area contributed by atoms with Gasteiger partial charge in [-0.3, -0.25) is 0 Å². The van der Waals surface area contributed by atoms with Gasteiger partial charge in [-0.05, 0) is 24.3 Å². The molecule has 2 nitrogen and oxygen atoms in total. The van der Waals surface area contributed by atoms with E-state index in [2.05, 4.69) is 31.8 Å². The van der Waals surface area contributed by atoms with Crippen LogP contribution in [0.4, 0.5) is 5.82 Å². The highest BCUT2D eigenvalue weighted by molar-refractivity contribution is 5.43. The van der Waals surface area contributed by atoms with E-state index in [1.807, 2.05) is 6.07 Å². The van der Waals surface area contributed by atoms with Gasteiger partial charge in [-0.15, -0.1) is 0 Å². The normalized spacial score (nSPS) is 14.7. The molecule has 0 radical (unpaired) electrons. The lowest BCUT2D eigenvalue weighted by Gasteiger charge is -2.30. The second-order valence-corrected chi connectivity index (χ2v) is 4.85. The lowest BCUT2D eigenvalue weighted by Crippen LogP contribution is -2.23. The SMILES string of the molecule is CCCCC(C)(CCC)c1cccnc1N. The Morgan fingerprint density at radius 1 is 1.25 bits per heavy atom. The molecule has 1 rings (SSSR count). The number of rotatable bonds is 6. The highest BCUT2D eigenvalue weighted by atomic mass is 14.8. The molecule has 2 N–H and O–H groups in total. The van der Waals surface area contributed by atoms with Crippen LogP contribution in [0.1, 0.15) is 58.4 Å². The van der Waals surface area contributed by atoms with Crippen LogP contribution >= 0.6 is 0 Å². The second-order valence-electron chi connectivity index (χ2n) is 4.85. The summed E-state index contributed by atoms with van der Waals surface area (Å²) in [5.41, 5.74) is 7.42. The summed E-state index contributed by atoms with van der Waals surface area (Å²) < 4.78 is 0. The summed E-state index contributed by atoms with van der Waals surface area (Å²) in [6.07, 6.45) is 7.83. The Bertz CT molecular complexity index is 322. The fraction of sp³-hybridized carbons (Fsp3) is 0.643. The number of unbranched alkanes of at least 4 members (excludes halogenated alkanes) is 1. The first-order chi connectivity index (χ1) is 7.64. The first-order valence-electron chi connectivity index (χ1n) is 6.35. The van der Waals surface area contributed by atoms with Crippen molar-refractivity contribution in [2.45, 2.75) is 58.3 Å². The van der Waals surface area contributed by atoms with Crippen molar-refractivity contribution < 1.29 is 0 Å². The van der Waals surface area contributed by atoms with Crippen molar-refractivity contribution in [3.8, 4) is 0 Å². The third kappa shape index (κ3) is 2.97. The van der Waals surface area contributed by atoms with E-state index in [1.54, 1.807) is 6.20 Å².